The summed E-state index contributed by atoms with van der Waals surface area (Å²) >= 11 is 0. The zero-order chi connectivity index (χ0) is 9.19. The molecule has 0 spiro atoms. The lowest BCUT2D eigenvalue weighted by Gasteiger charge is -2.32. The monoisotopic (exact) mass is 183 g/mol. The van der Waals surface area contributed by atoms with Crippen molar-refractivity contribution < 1.29 is 18.3 Å². The number of rotatable bonds is 1. The van der Waals surface area contributed by atoms with Crippen LogP contribution in [-0.4, -0.2) is 31.0 Å². The number of hydrogen-bond donors (Lipinski definition) is 2. The fraction of sp³-hybridized carbons (Fsp3) is 1.00. The van der Waals surface area contributed by atoms with Crippen LogP contribution in [0.3, 0.4) is 0 Å². The van der Waals surface area contributed by atoms with E-state index in [9.17, 15) is 13.2 Å². The number of alkyl halides is 3. The van der Waals surface area contributed by atoms with Crippen molar-refractivity contribution in [2.45, 2.75) is 12.6 Å². The standard InChI is InChI=1S/C7H12F3NO/c8-7(9,10)6-3-11-2-1-5(6)4-12/h5-6,11-12H,1-4H2. The van der Waals surface area contributed by atoms with Gasteiger partial charge in [0.25, 0.3) is 0 Å². The Morgan fingerprint density at radius 1 is 1.42 bits per heavy atom. The lowest BCUT2D eigenvalue weighted by atomic mass is 9.87. The maximum Gasteiger partial charge on any atom is 0.393 e. The summed E-state index contributed by atoms with van der Waals surface area (Å²) in [6, 6.07) is 0. The van der Waals surface area contributed by atoms with Gasteiger partial charge in [0.15, 0.2) is 0 Å². The maximum absolute atomic E-state index is 12.2. The Kier molecular flexibility index (Phi) is 2.95. The Hall–Kier alpha value is -0.290. The Morgan fingerprint density at radius 2 is 2.08 bits per heavy atom. The second kappa shape index (κ2) is 3.62. The molecule has 1 aliphatic rings. The third kappa shape index (κ3) is 2.10. The van der Waals surface area contributed by atoms with E-state index in [4.69, 9.17) is 5.11 Å². The van der Waals surface area contributed by atoms with E-state index in [0.29, 0.717) is 13.0 Å². The van der Waals surface area contributed by atoms with Crippen LogP contribution in [0.2, 0.25) is 0 Å². The Morgan fingerprint density at radius 3 is 2.50 bits per heavy atom. The molecule has 0 aromatic heterocycles. The van der Waals surface area contributed by atoms with Gasteiger partial charge >= 0.3 is 6.18 Å². The van der Waals surface area contributed by atoms with Crippen molar-refractivity contribution in [1.29, 1.82) is 0 Å². The van der Waals surface area contributed by atoms with E-state index in [1.54, 1.807) is 0 Å². The van der Waals surface area contributed by atoms with Crippen LogP contribution < -0.4 is 5.32 Å². The quantitative estimate of drug-likeness (QED) is 0.629. The third-order valence-corrected chi connectivity index (χ3v) is 2.28. The summed E-state index contributed by atoms with van der Waals surface area (Å²) < 4.78 is 36.7. The molecule has 0 aromatic rings. The summed E-state index contributed by atoms with van der Waals surface area (Å²) in [5.74, 6) is -2.00. The largest absolute Gasteiger partial charge is 0.396 e. The molecule has 72 valence electrons. The number of nitrogens with one attached hydrogen (secondary N) is 1. The Bertz CT molecular complexity index is 148. The molecular weight excluding hydrogens is 171 g/mol. The molecular formula is C7H12F3NO. The van der Waals surface area contributed by atoms with Gasteiger partial charge in [-0.2, -0.15) is 13.2 Å². The van der Waals surface area contributed by atoms with Crippen molar-refractivity contribution in [1.82, 2.24) is 5.32 Å². The van der Waals surface area contributed by atoms with Crippen molar-refractivity contribution in [2.24, 2.45) is 11.8 Å². The van der Waals surface area contributed by atoms with Gasteiger partial charge < -0.3 is 10.4 Å². The molecule has 1 aliphatic heterocycles. The predicted octanol–water partition coefficient (Wildman–Crippen LogP) is 0.767. The average molecular weight is 183 g/mol. The molecule has 0 amide bonds. The van der Waals surface area contributed by atoms with Crippen LogP contribution >= 0.6 is 0 Å². The third-order valence-electron chi connectivity index (χ3n) is 2.28. The SMILES string of the molecule is OCC1CCNCC1C(F)(F)F. The minimum Gasteiger partial charge on any atom is -0.396 e. The van der Waals surface area contributed by atoms with Crippen LogP contribution in [0, 0.1) is 11.8 Å². The summed E-state index contributed by atoms with van der Waals surface area (Å²) in [5, 5.41) is 11.4. The van der Waals surface area contributed by atoms with Crippen molar-refractivity contribution in [3.8, 4) is 0 Å². The van der Waals surface area contributed by atoms with Crippen LogP contribution in [0.25, 0.3) is 0 Å². The highest BCUT2D eigenvalue weighted by Crippen LogP contribution is 2.34. The van der Waals surface area contributed by atoms with E-state index >= 15 is 0 Å². The van der Waals surface area contributed by atoms with E-state index < -0.39 is 18.0 Å². The van der Waals surface area contributed by atoms with Crippen LogP contribution in [0.15, 0.2) is 0 Å². The van der Waals surface area contributed by atoms with Gasteiger partial charge in [0.2, 0.25) is 0 Å². The second-order valence-electron chi connectivity index (χ2n) is 3.08. The smallest absolute Gasteiger partial charge is 0.393 e. The van der Waals surface area contributed by atoms with Crippen LogP contribution in [0.1, 0.15) is 6.42 Å². The maximum atomic E-state index is 12.2. The summed E-state index contributed by atoms with van der Waals surface area (Å²) in [4.78, 5) is 0. The number of aliphatic hydroxyl groups is 1. The highest BCUT2D eigenvalue weighted by molar-refractivity contribution is 4.82. The highest BCUT2D eigenvalue weighted by Gasteiger charge is 2.45. The molecule has 0 aromatic carbocycles. The zero-order valence-electron chi connectivity index (χ0n) is 6.56. The normalized spacial score (nSPS) is 32.0. The number of halogens is 3. The molecule has 12 heavy (non-hydrogen) atoms. The van der Waals surface area contributed by atoms with Gasteiger partial charge in [-0.25, -0.2) is 0 Å². The van der Waals surface area contributed by atoms with Gasteiger partial charge in [0.1, 0.15) is 0 Å². The summed E-state index contributed by atoms with van der Waals surface area (Å²) in [5.41, 5.74) is 0. The predicted molar refractivity (Wildman–Crippen MR) is 37.6 cm³/mol. The minimum atomic E-state index is -4.18. The molecule has 2 atom stereocenters. The van der Waals surface area contributed by atoms with Gasteiger partial charge in [0, 0.05) is 13.2 Å². The average Bonchev–Trinajstić information content (AvgIpc) is 2.03. The fourth-order valence-electron chi connectivity index (χ4n) is 1.51. The fourth-order valence-corrected chi connectivity index (χ4v) is 1.51. The molecule has 0 bridgehead atoms. The number of piperidine rings is 1. The van der Waals surface area contributed by atoms with E-state index in [1.807, 2.05) is 0 Å². The molecule has 1 fully saturated rings. The molecule has 1 heterocycles. The van der Waals surface area contributed by atoms with E-state index in [2.05, 4.69) is 5.32 Å². The van der Waals surface area contributed by atoms with Crippen LogP contribution in [-0.2, 0) is 0 Å². The minimum absolute atomic E-state index is 0.0608. The Balaban J connectivity index is 2.59. The van der Waals surface area contributed by atoms with Gasteiger partial charge in [-0.3, -0.25) is 0 Å². The molecule has 2 unspecified atom stereocenters. The van der Waals surface area contributed by atoms with Gasteiger partial charge in [-0.05, 0) is 18.9 Å². The first kappa shape index (κ1) is 9.80. The first-order chi connectivity index (χ1) is 5.55. The highest BCUT2D eigenvalue weighted by atomic mass is 19.4. The first-order valence-electron chi connectivity index (χ1n) is 3.94. The molecule has 2 nitrogen and oxygen atoms in total. The van der Waals surface area contributed by atoms with E-state index in [1.165, 1.54) is 0 Å². The zero-order valence-corrected chi connectivity index (χ0v) is 6.56. The topological polar surface area (TPSA) is 32.3 Å². The van der Waals surface area contributed by atoms with Crippen molar-refractivity contribution >= 4 is 0 Å². The van der Waals surface area contributed by atoms with E-state index in [0.717, 1.165) is 0 Å². The number of hydrogen-bond acceptors (Lipinski definition) is 2. The summed E-state index contributed by atoms with van der Waals surface area (Å²) in [6.07, 6.45) is -3.78. The molecule has 0 radical (unpaired) electrons. The molecule has 0 aliphatic carbocycles. The van der Waals surface area contributed by atoms with Crippen molar-refractivity contribution in [3.05, 3.63) is 0 Å². The number of aliphatic hydroxyl groups excluding tert-OH is 1. The van der Waals surface area contributed by atoms with Gasteiger partial charge in [-0.1, -0.05) is 0 Å². The summed E-state index contributed by atoms with van der Waals surface area (Å²) in [7, 11) is 0. The van der Waals surface area contributed by atoms with Gasteiger partial charge in [-0.15, -0.1) is 0 Å². The van der Waals surface area contributed by atoms with Gasteiger partial charge in [0.05, 0.1) is 5.92 Å². The van der Waals surface area contributed by atoms with Crippen LogP contribution in [0.5, 0.6) is 0 Å². The Labute approximate surface area is 68.8 Å². The lowest BCUT2D eigenvalue weighted by molar-refractivity contribution is -0.195. The van der Waals surface area contributed by atoms with Crippen LogP contribution in [0.4, 0.5) is 13.2 Å². The molecule has 1 saturated heterocycles. The molecule has 1 rings (SSSR count). The first-order valence-corrected chi connectivity index (χ1v) is 3.94. The molecule has 2 N–H and O–H groups in total. The molecule has 0 saturated carbocycles. The lowest BCUT2D eigenvalue weighted by Crippen LogP contribution is -2.45. The molecule has 5 heteroatoms. The van der Waals surface area contributed by atoms with E-state index in [-0.39, 0.29) is 13.2 Å². The van der Waals surface area contributed by atoms with Crippen molar-refractivity contribution in [2.75, 3.05) is 19.7 Å². The second-order valence-corrected chi connectivity index (χ2v) is 3.08. The van der Waals surface area contributed by atoms with Crippen molar-refractivity contribution in [3.63, 3.8) is 0 Å². The summed E-state index contributed by atoms with van der Waals surface area (Å²) in [6.45, 7) is 0.137.